The average Bonchev–Trinajstić information content (AvgIpc) is 2.48. The van der Waals surface area contributed by atoms with Gasteiger partial charge in [-0.05, 0) is 24.3 Å². The van der Waals surface area contributed by atoms with Crippen molar-refractivity contribution in [3.8, 4) is 5.75 Å². The van der Waals surface area contributed by atoms with E-state index >= 15 is 0 Å². The van der Waals surface area contributed by atoms with Crippen LogP contribution in [0.25, 0.3) is 0 Å². The largest absolute Gasteiger partial charge is 0.508 e. The molecule has 6 nitrogen and oxygen atoms in total. The Morgan fingerprint density at radius 1 is 1.20 bits per heavy atom. The third-order valence-corrected chi connectivity index (χ3v) is 3.12. The number of hydrogen-bond acceptors (Lipinski definition) is 4. The van der Waals surface area contributed by atoms with Gasteiger partial charge in [-0.3, -0.25) is 9.59 Å². The monoisotopic (exact) mass is 278 g/mol. The van der Waals surface area contributed by atoms with E-state index < -0.39 is 0 Å². The third kappa shape index (κ3) is 3.96. The van der Waals surface area contributed by atoms with Crippen molar-refractivity contribution in [3.63, 3.8) is 0 Å². The molecule has 108 valence electrons. The Hall–Kier alpha value is -2.08. The van der Waals surface area contributed by atoms with E-state index in [9.17, 15) is 9.59 Å². The average molecular weight is 278 g/mol. The SMILES string of the molecule is O=C(NCCC(=O)N1CCOCC1)c1ccc(O)cc1. The molecule has 6 heteroatoms. The summed E-state index contributed by atoms with van der Waals surface area (Å²) >= 11 is 0. The van der Waals surface area contributed by atoms with E-state index in [0.29, 0.717) is 38.4 Å². The highest BCUT2D eigenvalue weighted by molar-refractivity contribution is 5.94. The molecule has 0 unspecified atom stereocenters. The van der Waals surface area contributed by atoms with Crippen LogP contribution in [0.1, 0.15) is 16.8 Å². The van der Waals surface area contributed by atoms with Gasteiger partial charge in [0.05, 0.1) is 13.2 Å². The van der Waals surface area contributed by atoms with Gasteiger partial charge in [-0.1, -0.05) is 0 Å². The van der Waals surface area contributed by atoms with Crippen molar-refractivity contribution in [2.75, 3.05) is 32.8 Å². The topological polar surface area (TPSA) is 78.9 Å². The number of amides is 2. The van der Waals surface area contributed by atoms with E-state index in [1.54, 1.807) is 4.90 Å². The number of nitrogens with zero attached hydrogens (tertiary/aromatic N) is 1. The molecule has 0 radical (unpaired) electrons. The zero-order valence-corrected chi connectivity index (χ0v) is 11.2. The summed E-state index contributed by atoms with van der Waals surface area (Å²) < 4.78 is 5.18. The second-order valence-electron chi connectivity index (χ2n) is 4.55. The molecule has 2 amide bonds. The van der Waals surface area contributed by atoms with Gasteiger partial charge in [0.2, 0.25) is 5.91 Å². The van der Waals surface area contributed by atoms with E-state index in [-0.39, 0.29) is 24.0 Å². The molecule has 2 N–H and O–H groups in total. The smallest absolute Gasteiger partial charge is 0.251 e. The number of benzene rings is 1. The fourth-order valence-electron chi connectivity index (χ4n) is 1.97. The molecule has 0 aliphatic carbocycles. The summed E-state index contributed by atoms with van der Waals surface area (Å²) in [6.07, 6.45) is 0.282. The first-order valence-electron chi connectivity index (χ1n) is 6.59. The molecular weight excluding hydrogens is 260 g/mol. The molecule has 1 aromatic rings. The Bertz CT molecular complexity index is 467. The number of carbonyl (C=O) groups is 2. The predicted octanol–water partition coefficient (Wildman–Crippen LogP) is 0.371. The lowest BCUT2D eigenvalue weighted by atomic mass is 10.2. The molecule has 0 bridgehead atoms. The minimum absolute atomic E-state index is 0.0271. The minimum atomic E-state index is -0.250. The van der Waals surface area contributed by atoms with Crippen molar-refractivity contribution in [2.24, 2.45) is 0 Å². The van der Waals surface area contributed by atoms with Crippen LogP contribution in [0, 0.1) is 0 Å². The van der Waals surface area contributed by atoms with Crippen LogP contribution in [-0.2, 0) is 9.53 Å². The second-order valence-corrected chi connectivity index (χ2v) is 4.55. The van der Waals surface area contributed by atoms with Crippen LogP contribution in [-0.4, -0.2) is 54.7 Å². The van der Waals surface area contributed by atoms with Crippen molar-refractivity contribution in [1.29, 1.82) is 0 Å². The zero-order valence-electron chi connectivity index (χ0n) is 11.2. The van der Waals surface area contributed by atoms with Gasteiger partial charge in [0.15, 0.2) is 0 Å². The number of phenols is 1. The molecule has 1 heterocycles. The van der Waals surface area contributed by atoms with E-state index in [4.69, 9.17) is 9.84 Å². The lowest BCUT2D eigenvalue weighted by molar-refractivity contribution is -0.135. The molecular formula is C14H18N2O4. The maximum Gasteiger partial charge on any atom is 0.251 e. The Balaban J connectivity index is 1.73. The molecule has 2 rings (SSSR count). The third-order valence-electron chi connectivity index (χ3n) is 3.12. The summed E-state index contributed by atoms with van der Waals surface area (Å²) in [6, 6.07) is 5.98. The Kier molecular flexibility index (Phi) is 4.95. The summed E-state index contributed by atoms with van der Waals surface area (Å²) in [5.74, 6) is -0.108. The molecule has 20 heavy (non-hydrogen) atoms. The highest BCUT2D eigenvalue weighted by Gasteiger charge is 2.16. The molecule has 0 saturated carbocycles. The number of aromatic hydroxyl groups is 1. The van der Waals surface area contributed by atoms with Crippen LogP contribution in [0.4, 0.5) is 0 Å². The van der Waals surface area contributed by atoms with Gasteiger partial charge in [-0.15, -0.1) is 0 Å². The van der Waals surface area contributed by atoms with Crippen LogP contribution < -0.4 is 5.32 Å². The summed E-state index contributed by atoms with van der Waals surface area (Å²) in [5.41, 5.74) is 0.460. The highest BCUT2D eigenvalue weighted by Crippen LogP contribution is 2.09. The normalized spacial score (nSPS) is 14.9. The number of rotatable bonds is 4. The lowest BCUT2D eigenvalue weighted by Crippen LogP contribution is -2.42. The molecule has 1 aliphatic heterocycles. The van der Waals surface area contributed by atoms with Crippen molar-refractivity contribution in [3.05, 3.63) is 29.8 Å². The first kappa shape index (κ1) is 14.3. The predicted molar refractivity (Wildman–Crippen MR) is 72.5 cm³/mol. The number of nitrogens with one attached hydrogen (secondary N) is 1. The number of ether oxygens (including phenoxy) is 1. The van der Waals surface area contributed by atoms with Crippen molar-refractivity contribution >= 4 is 11.8 Å². The molecule has 0 spiro atoms. The lowest BCUT2D eigenvalue weighted by Gasteiger charge is -2.26. The molecule has 1 aliphatic rings. The second kappa shape index (κ2) is 6.91. The van der Waals surface area contributed by atoms with Gasteiger partial charge >= 0.3 is 0 Å². The number of hydrogen-bond donors (Lipinski definition) is 2. The Morgan fingerprint density at radius 2 is 1.85 bits per heavy atom. The van der Waals surface area contributed by atoms with Crippen molar-refractivity contribution in [1.82, 2.24) is 10.2 Å². The number of carbonyl (C=O) groups excluding carboxylic acids is 2. The fraction of sp³-hybridized carbons (Fsp3) is 0.429. The summed E-state index contributed by atoms with van der Waals surface area (Å²) in [6.45, 7) is 2.68. The van der Waals surface area contributed by atoms with E-state index in [1.807, 2.05) is 0 Å². The molecule has 1 fully saturated rings. The van der Waals surface area contributed by atoms with Crippen molar-refractivity contribution in [2.45, 2.75) is 6.42 Å². The number of phenolic OH excluding ortho intramolecular Hbond substituents is 1. The molecule has 1 saturated heterocycles. The standard InChI is InChI=1S/C14H18N2O4/c17-12-3-1-11(2-4-12)14(19)15-6-5-13(18)16-7-9-20-10-8-16/h1-4,17H,5-10H2,(H,15,19). The summed E-state index contributed by atoms with van der Waals surface area (Å²) in [5, 5.41) is 11.8. The van der Waals surface area contributed by atoms with Crippen molar-refractivity contribution < 1.29 is 19.4 Å². The molecule has 1 aromatic carbocycles. The minimum Gasteiger partial charge on any atom is -0.508 e. The van der Waals surface area contributed by atoms with E-state index in [0.717, 1.165) is 0 Å². The summed E-state index contributed by atoms with van der Waals surface area (Å²) in [7, 11) is 0. The quantitative estimate of drug-likeness (QED) is 0.834. The maximum atomic E-state index is 11.8. The van der Waals surface area contributed by atoms with E-state index in [2.05, 4.69) is 5.32 Å². The first-order chi connectivity index (χ1) is 9.66. The highest BCUT2D eigenvalue weighted by atomic mass is 16.5. The van der Waals surface area contributed by atoms with Crippen LogP contribution in [0.2, 0.25) is 0 Å². The first-order valence-corrected chi connectivity index (χ1v) is 6.59. The number of morpholine rings is 1. The van der Waals surface area contributed by atoms with Crippen LogP contribution in [0.5, 0.6) is 5.75 Å². The van der Waals surface area contributed by atoms with Crippen LogP contribution >= 0.6 is 0 Å². The van der Waals surface area contributed by atoms with Gasteiger partial charge in [-0.2, -0.15) is 0 Å². The van der Waals surface area contributed by atoms with Gasteiger partial charge < -0.3 is 20.1 Å². The van der Waals surface area contributed by atoms with Crippen LogP contribution in [0.15, 0.2) is 24.3 Å². The van der Waals surface area contributed by atoms with Gasteiger partial charge in [0, 0.05) is 31.6 Å². The Labute approximate surface area is 117 Å². The van der Waals surface area contributed by atoms with Crippen LogP contribution in [0.3, 0.4) is 0 Å². The summed E-state index contributed by atoms with van der Waals surface area (Å²) in [4.78, 5) is 25.4. The molecule has 0 atom stereocenters. The fourth-order valence-corrected chi connectivity index (χ4v) is 1.97. The van der Waals surface area contributed by atoms with E-state index in [1.165, 1.54) is 24.3 Å². The Morgan fingerprint density at radius 3 is 2.50 bits per heavy atom. The van der Waals surface area contributed by atoms with Gasteiger partial charge in [-0.25, -0.2) is 0 Å². The zero-order chi connectivity index (χ0) is 14.4. The maximum absolute atomic E-state index is 11.8. The van der Waals surface area contributed by atoms with Gasteiger partial charge in [0.25, 0.3) is 5.91 Å². The van der Waals surface area contributed by atoms with Gasteiger partial charge in [0.1, 0.15) is 5.75 Å². The molecule has 0 aromatic heterocycles.